The molecule has 4 rings (SSSR count). The Labute approximate surface area is 239 Å². The molecule has 2 aliphatic rings. The predicted molar refractivity (Wildman–Crippen MR) is 152 cm³/mol. The van der Waals surface area contributed by atoms with Crippen LogP contribution in [-0.2, 0) is 10.9 Å². The quantitative estimate of drug-likeness (QED) is 0.385. The van der Waals surface area contributed by atoms with E-state index in [1.807, 2.05) is 12.1 Å². The molecular formula is C31H38F3N3O4. The number of hydrogen-bond acceptors (Lipinski definition) is 4. The molecule has 222 valence electrons. The summed E-state index contributed by atoms with van der Waals surface area (Å²) in [6.45, 7) is 8.02. The highest BCUT2D eigenvalue weighted by Gasteiger charge is 2.42. The number of cyclic esters (lactones) is 1. The molecule has 0 unspecified atom stereocenters. The third kappa shape index (κ3) is 6.63. The number of nitrogens with one attached hydrogen (secondary N) is 1. The lowest BCUT2D eigenvalue weighted by atomic mass is 9.72. The Morgan fingerprint density at radius 2 is 1.90 bits per heavy atom. The number of nitrogens with zero attached hydrogens (tertiary/aromatic N) is 2. The summed E-state index contributed by atoms with van der Waals surface area (Å²) in [6.07, 6.45) is -3.54. The molecule has 1 saturated heterocycles. The second-order valence-electron chi connectivity index (χ2n) is 12.0. The number of allylic oxidation sites excluding steroid dienone is 1. The van der Waals surface area contributed by atoms with E-state index in [1.165, 1.54) is 4.90 Å². The average Bonchev–Trinajstić information content (AvgIpc) is 3.16. The molecular weight excluding hydrogens is 535 g/mol. The Morgan fingerprint density at radius 3 is 2.54 bits per heavy atom. The summed E-state index contributed by atoms with van der Waals surface area (Å²) in [5, 5.41) is 2.88. The van der Waals surface area contributed by atoms with E-state index < -0.39 is 30.0 Å². The molecule has 2 aromatic rings. The molecule has 2 aromatic carbocycles. The number of ether oxygens (including phenoxy) is 2. The average molecular weight is 574 g/mol. The van der Waals surface area contributed by atoms with Crippen LogP contribution in [0, 0.1) is 12.3 Å². The maximum absolute atomic E-state index is 13.5. The van der Waals surface area contributed by atoms with Gasteiger partial charge in [0.25, 0.3) is 0 Å². The molecule has 0 saturated carbocycles. The molecule has 10 heteroatoms. The van der Waals surface area contributed by atoms with Gasteiger partial charge in [0, 0.05) is 31.9 Å². The monoisotopic (exact) mass is 573 g/mol. The van der Waals surface area contributed by atoms with Crippen molar-refractivity contribution < 1.29 is 32.2 Å². The fraction of sp³-hybridized carbons (Fsp3) is 0.484. The molecule has 1 aliphatic carbocycles. The van der Waals surface area contributed by atoms with Crippen LogP contribution in [0.1, 0.15) is 68.4 Å². The summed E-state index contributed by atoms with van der Waals surface area (Å²) in [5.74, 6) is 0.648. The number of halogens is 3. The van der Waals surface area contributed by atoms with Gasteiger partial charge in [-0.05, 0) is 85.6 Å². The summed E-state index contributed by atoms with van der Waals surface area (Å²) in [6, 6.07) is 8.52. The zero-order chi connectivity index (χ0) is 30.3. The first-order valence-corrected chi connectivity index (χ1v) is 13.6. The number of anilines is 1. The van der Waals surface area contributed by atoms with Gasteiger partial charge in [-0.2, -0.15) is 13.2 Å². The minimum absolute atomic E-state index is 0.0206. The molecule has 7 nitrogen and oxygen atoms in total. The molecule has 1 aliphatic heterocycles. The molecule has 1 heterocycles. The third-order valence-electron chi connectivity index (χ3n) is 7.86. The molecule has 0 bridgehead atoms. The lowest BCUT2D eigenvalue weighted by Gasteiger charge is -2.36. The van der Waals surface area contributed by atoms with Crippen molar-refractivity contribution in [3.63, 3.8) is 0 Å². The van der Waals surface area contributed by atoms with Crippen molar-refractivity contribution in [2.75, 3.05) is 33.1 Å². The van der Waals surface area contributed by atoms with Crippen molar-refractivity contribution in [2.45, 2.75) is 65.3 Å². The lowest BCUT2D eigenvalue weighted by molar-refractivity contribution is -0.137. The van der Waals surface area contributed by atoms with Crippen LogP contribution in [0.15, 0.2) is 42.0 Å². The van der Waals surface area contributed by atoms with Crippen molar-refractivity contribution >= 4 is 23.4 Å². The van der Waals surface area contributed by atoms with Crippen LogP contribution in [0.4, 0.5) is 28.4 Å². The molecule has 1 fully saturated rings. The second-order valence-corrected chi connectivity index (χ2v) is 12.0. The molecule has 0 aromatic heterocycles. The van der Waals surface area contributed by atoms with Gasteiger partial charge < -0.3 is 19.7 Å². The highest BCUT2D eigenvalue weighted by Crippen LogP contribution is 2.46. The molecule has 0 radical (unpaired) electrons. The van der Waals surface area contributed by atoms with Crippen LogP contribution in [-0.4, -0.2) is 55.7 Å². The number of urea groups is 1. The number of benzene rings is 2. The number of aryl methyl sites for hydroxylation is 1. The summed E-state index contributed by atoms with van der Waals surface area (Å²) in [5.41, 5.74) is 3.49. The van der Waals surface area contributed by atoms with Gasteiger partial charge in [0.1, 0.15) is 11.9 Å². The smallest absolute Gasteiger partial charge is 0.416 e. The first kappa shape index (κ1) is 30.3. The van der Waals surface area contributed by atoms with Gasteiger partial charge in [0.2, 0.25) is 0 Å². The van der Waals surface area contributed by atoms with Gasteiger partial charge in [-0.15, -0.1) is 0 Å². The first-order chi connectivity index (χ1) is 19.1. The van der Waals surface area contributed by atoms with Crippen molar-refractivity contribution in [1.82, 2.24) is 9.80 Å². The van der Waals surface area contributed by atoms with Crippen LogP contribution >= 0.6 is 0 Å². The van der Waals surface area contributed by atoms with Crippen molar-refractivity contribution in [1.29, 1.82) is 0 Å². The van der Waals surface area contributed by atoms with Crippen molar-refractivity contribution in [3.05, 3.63) is 64.2 Å². The van der Waals surface area contributed by atoms with E-state index in [9.17, 15) is 22.8 Å². The van der Waals surface area contributed by atoms with Crippen LogP contribution in [0.5, 0.6) is 5.75 Å². The summed E-state index contributed by atoms with van der Waals surface area (Å²) < 4.78 is 51.9. The number of alkyl halides is 3. The molecule has 1 N–H and O–H groups in total. The Balaban J connectivity index is 1.71. The number of carbonyl (C=O) groups is 2. The highest BCUT2D eigenvalue weighted by molar-refractivity contribution is 5.90. The topological polar surface area (TPSA) is 71.1 Å². The van der Waals surface area contributed by atoms with Crippen LogP contribution in [0.3, 0.4) is 0 Å². The maximum Gasteiger partial charge on any atom is 0.416 e. The normalized spacial score (nSPS) is 20.6. The largest absolute Gasteiger partial charge is 0.496 e. The van der Waals surface area contributed by atoms with Crippen LogP contribution in [0.2, 0.25) is 0 Å². The van der Waals surface area contributed by atoms with Crippen molar-refractivity contribution in [2.24, 2.45) is 5.41 Å². The highest BCUT2D eigenvalue weighted by atomic mass is 19.4. The van der Waals surface area contributed by atoms with E-state index in [1.54, 1.807) is 52.1 Å². The van der Waals surface area contributed by atoms with Gasteiger partial charge in [0.05, 0.1) is 18.7 Å². The number of amides is 3. The maximum atomic E-state index is 13.5. The van der Waals surface area contributed by atoms with Gasteiger partial charge in [-0.3, -0.25) is 4.90 Å². The van der Waals surface area contributed by atoms with E-state index in [0.29, 0.717) is 29.0 Å². The van der Waals surface area contributed by atoms with Gasteiger partial charge >= 0.3 is 18.3 Å². The molecule has 3 amide bonds. The molecule has 2 atom stereocenters. The number of methoxy groups -OCH3 is 1. The van der Waals surface area contributed by atoms with Crippen LogP contribution in [0.25, 0.3) is 5.57 Å². The summed E-state index contributed by atoms with van der Waals surface area (Å²) in [7, 11) is 4.91. The van der Waals surface area contributed by atoms with E-state index in [0.717, 1.165) is 41.7 Å². The second kappa shape index (κ2) is 11.3. The Morgan fingerprint density at radius 1 is 1.20 bits per heavy atom. The fourth-order valence-electron chi connectivity index (χ4n) is 5.65. The molecule has 0 spiro atoms. The number of hydrogen-bond donors (Lipinski definition) is 1. The standard InChI is InChI=1S/C31H38F3N3O4/c1-18-12-20(14-22(13-18)31(32,33)34)27-19(2)37(29(39)41-27)17-21-16-30(3,4)11-10-24(21)25-15-23(8-9-26(25)40-7)35-28(38)36(5)6/h8-9,12-15,19,27H,10-11,16-17H2,1-7H3,(H,35,38)/t19-,27-/m0/s1. The molecule has 41 heavy (non-hydrogen) atoms. The van der Waals surface area contributed by atoms with Crippen LogP contribution < -0.4 is 10.1 Å². The lowest BCUT2D eigenvalue weighted by Crippen LogP contribution is -2.35. The summed E-state index contributed by atoms with van der Waals surface area (Å²) >= 11 is 0. The van der Waals surface area contributed by atoms with Crippen molar-refractivity contribution in [3.8, 4) is 5.75 Å². The Kier molecular flexibility index (Phi) is 8.34. The minimum atomic E-state index is -4.50. The zero-order valence-corrected chi connectivity index (χ0v) is 24.6. The number of carbonyl (C=O) groups excluding carboxylic acids is 2. The SMILES string of the molecule is COc1ccc(NC(=O)N(C)C)cc1C1=C(CN2C(=O)O[C@H](c3cc(C)cc(C(F)(F)F)c3)[C@@H]2C)CC(C)(C)CC1. The van der Waals surface area contributed by atoms with Gasteiger partial charge in [-0.1, -0.05) is 25.5 Å². The fourth-order valence-corrected chi connectivity index (χ4v) is 5.65. The minimum Gasteiger partial charge on any atom is -0.496 e. The predicted octanol–water partition coefficient (Wildman–Crippen LogP) is 7.66. The van der Waals surface area contributed by atoms with Gasteiger partial charge in [-0.25, -0.2) is 9.59 Å². The van der Waals surface area contributed by atoms with E-state index in [-0.39, 0.29) is 18.0 Å². The first-order valence-electron chi connectivity index (χ1n) is 13.6. The third-order valence-corrected chi connectivity index (χ3v) is 7.86. The zero-order valence-electron chi connectivity index (χ0n) is 24.6. The van der Waals surface area contributed by atoms with E-state index >= 15 is 0 Å². The Bertz CT molecular complexity index is 1370. The van der Waals surface area contributed by atoms with E-state index in [2.05, 4.69) is 19.2 Å². The van der Waals surface area contributed by atoms with E-state index in [4.69, 9.17) is 9.47 Å². The van der Waals surface area contributed by atoms with Gasteiger partial charge in [0.15, 0.2) is 0 Å². The Hall–Kier alpha value is -3.69. The number of rotatable bonds is 6. The summed E-state index contributed by atoms with van der Waals surface area (Å²) in [4.78, 5) is 28.5.